The third kappa shape index (κ3) is 3.02. The Morgan fingerprint density at radius 1 is 1.55 bits per heavy atom. The van der Waals surface area contributed by atoms with Crippen LogP contribution in [0.5, 0.6) is 0 Å². The minimum Gasteiger partial charge on any atom is -0.336 e. The Labute approximate surface area is 115 Å². The smallest absolute Gasteiger partial charge is 0.285 e. The molecule has 8 nitrogen and oxygen atoms in total. The number of carbonyl (C=O) groups is 1. The zero-order valence-electron chi connectivity index (χ0n) is 11.1. The normalized spacial score (nSPS) is 18.9. The number of aromatic nitrogens is 1. The zero-order valence-corrected chi connectivity index (χ0v) is 11.1. The highest BCUT2D eigenvalue weighted by molar-refractivity contribution is 5.76. The molecule has 1 aliphatic rings. The highest BCUT2D eigenvalue weighted by Crippen LogP contribution is 2.08. The summed E-state index contributed by atoms with van der Waals surface area (Å²) in [5.41, 5.74) is -0.627. The van der Waals surface area contributed by atoms with Gasteiger partial charge in [-0.2, -0.15) is 0 Å². The number of hydrogen-bond donors (Lipinski definition) is 1. The van der Waals surface area contributed by atoms with Crippen LogP contribution in [0.25, 0.3) is 0 Å². The van der Waals surface area contributed by atoms with Crippen LogP contribution in [0.3, 0.4) is 0 Å². The van der Waals surface area contributed by atoms with Gasteiger partial charge in [0.15, 0.2) is 0 Å². The predicted octanol–water partition coefficient (Wildman–Crippen LogP) is -0.423. The summed E-state index contributed by atoms with van der Waals surface area (Å²) >= 11 is 0. The van der Waals surface area contributed by atoms with Crippen LogP contribution in [-0.2, 0) is 11.3 Å². The van der Waals surface area contributed by atoms with Crippen molar-refractivity contribution in [1.82, 2.24) is 14.8 Å². The van der Waals surface area contributed by atoms with Gasteiger partial charge >= 0.3 is 0 Å². The van der Waals surface area contributed by atoms with E-state index in [-0.39, 0.29) is 24.2 Å². The van der Waals surface area contributed by atoms with Crippen LogP contribution in [0.4, 0.5) is 5.69 Å². The fraction of sp³-hybridized carbons (Fsp3) is 0.500. The molecule has 0 saturated carbocycles. The van der Waals surface area contributed by atoms with Gasteiger partial charge in [0.25, 0.3) is 11.2 Å². The second-order valence-electron chi connectivity index (χ2n) is 4.75. The lowest BCUT2D eigenvalue weighted by molar-refractivity contribution is -0.385. The molecule has 0 unspecified atom stereocenters. The summed E-state index contributed by atoms with van der Waals surface area (Å²) < 4.78 is 1.08. The highest BCUT2D eigenvalue weighted by Gasteiger charge is 2.23. The molecule has 1 atom stereocenters. The molecule has 1 aromatic heterocycles. The third-order valence-corrected chi connectivity index (χ3v) is 3.31. The Balaban J connectivity index is 2.16. The van der Waals surface area contributed by atoms with Crippen molar-refractivity contribution in [2.45, 2.75) is 19.5 Å². The first kappa shape index (κ1) is 14.2. The molecule has 1 fully saturated rings. The number of carbonyl (C=O) groups excluding carboxylic acids is 1. The minimum atomic E-state index is -0.589. The molecular formula is C12H16N4O4. The molecule has 20 heavy (non-hydrogen) atoms. The van der Waals surface area contributed by atoms with Gasteiger partial charge in [-0.3, -0.25) is 24.3 Å². The van der Waals surface area contributed by atoms with E-state index >= 15 is 0 Å². The Bertz CT molecular complexity index is 583. The average molecular weight is 280 g/mol. The van der Waals surface area contributed by atoms with E-state index in [9.17, 15) is 19.7 Å². The molecule has 8 heteroatoms. The van der Waals surface area contributed by atoms with Gasteiger partial charge in [-0.15, -0.1) is 0 Å². The number of nitrogens with zero attached hydrogens (tertiary/aromatic N) is 3. The van der Waals surface area contributed by atoms with E-state index in [0.29, 0.717) is 19.6 Å². The summed E-state index contributed by atoms with van der Waals surface area (Å²) in [7, 11) is 0. The van der Waals surface area contributed by atoms with Crippen molar-refractivity contribution in [1.29, 1.82) is 0 Å². The fourth-order valence-electron chi connectivity index (χ4n) is 2.20. The molecule has 2 rings (SSSR count). The van der Waals surface area contributed by atoms with E-state index in [1.54, 1.807) is 4.90 Å². The van der Waals surface area contributed by atoms with Crippen LogP contribution < -0.4 is 10.9 Å². The molecule has 1 aliphatic heterocycles. The lowest BCUT2D eigenvalue weighted by atomic mass is 10.2. The van der Waals surface area contributed by atoms with Crippen LogP contribution in [0, 0.1) is 10.1 Å². The Morgan fingerprint density at radius 3 is 2.95 bits per heavy atom. The largest absolute Gasteiger partial charge is 0.336 e. The van der Waals surface area contributed by atoms with Crippen LogP contribution in [-0.4, -0.2) is 46.0 Å². The van der Waals surface area contributed by atoms with Crippen molar-refractivity contribution >= 4 is 11.6 Å². The van der Waals surface area contributed by atoms with Gasteiger partial charge in [-0.25, -0.2) is 0 Å². The first-order valence-electron chi connectivity index (χ1n) is 6.34. The average Bonchev–Trinajstić information content (AvgIpc) is 2.41. The molecule has 1 aromatic rings. The molecule has 0 aromatic carbocycles. The predicted molar refractivity (Wildman–Crippen MR) is 71.4 cm³/mol. The van der Waals surface area contributed by atoms with Crippen LogP contribution in [0.1, 0.15) is 6.92 Å². The Hall–Kier alpha value is -2.22. The second-order valence-corrected chi connectivity index (χ2v) is 4.75. The molecule has 108 valence electrons. The Kier molecular flexibility index (Phi) is 4.14. The maximum Gasteiger partial charge on any atom is 0.285 e. The minimum absolute atomic E-state index is 0.0469. The van der Waals surface area contributed by atoms with Gasteiger partial charge < -0.3 is 10.2 Å². The summed E-state index contributed by atoms with van der Waals surface area (Å²) in [6, 6.07) is 2.29. The van der Waals surface area contributed by atoms with Crippen LogP contribution in [0.2, 0.25) is 0 Å². The molecule has 1 amide bonds. The van der Waals surface area contributed by atoms with E-state index < -0.39 is 10.5 Å². The molecule has 0 spiro atoms. The topological polar surface area (TPSA) is 97.5 Å². The number of hydrogen-bond acceptors (Lipinski definition) is 5. The van der Waals surface area contributed by atoms with Gasteiger partial charge in [0.1, 0.15) is 6.54 Å². The lowest BCUT2D eigenvalue weighted by Crippen LogP contribution is -2.53. The summed E-state index contributed by atoms with van der Waals surface area (Å²) in [6.07, 6.45) is 1.10. The maximum absolute atomic E-state index is 12.2. The Morgan fingerprint density at radius 2 is 2.30 bits per heavy atom. The quantitative estimate of drug-likeness (QED) is 0.599. The monoisotopic (exact) mass is 280 g/mol. The summed E-state index contributed by atoms with van der Waals surface area (Å²) in [5.74, 6) is -0.207. The second kappa shape index (κ2) is 5.83. The van der Waals surface area contributed by atoms with Gasteiger partial charge in [0.2, 0.25) is 5.91 Å². The van der Waals surface area contributed by atoms with Gasteiger partial charge in [0, 0.05) is 37.8 Å². The number of piperazine rings is 1. The SMILES string of the molecule is C[C@H]1CNCCN1C(=O)Cn1cc([N+](=O)[O-])ccc1=O. The highest BCUT2D eigenvalue weighted by atomic mass is 16.6. The van der Waals surface area contributed by atoms with Gasteiger partial charge in [-0.05, 0) is 6.92 Å². The van der Waals surface area contributed by atoms with E-state index in [4.69, 9.17) is 0 Å². The van der Waals surface area contributed by atoms with Crippen molar-refractivity contribution in [2.75, 3.05) is 19.6 Å². The van der Waals surface area contributed by atoms with Gasteiger partial charge in [-0.1, -0.05) is 0 Å². The molecular weight excluding hydrogens is 264 g/mol. The van der Waals surface area contributed by atoms with Crippen LogP contribution in [0.15, 0.2) is 23.1 Å². The summed E-state index contributed by atoms with van der Waals surface area (Å²) in [4.78, 5) is 35.6. The van der Waals surface area contributed by atoms with Crippen molar-refractivity contribution in [3.05, 3.63) is 38.8 Å². The molecule has 0 aliphatic carbocycles. The van der Waals surface area contributed by atoms with E-state index in [0.717, 1.165) is 22.9 Å². The number of amides is 1. The third-order valence-electron chi connectivity index (χ3n) is 3.31. The number of pyridine rings is 1. The maximum atomic E-state index is 12.2. The van der Waals surface area contributed by atoms with Crippen molar-refractivity contribution in [3.8, 4) is 0 Å². The van der Waals surface area contributed by atoms with E-state index in [2.05, 4.69) is 5.32 Å². The number of nitrogens with one attached hydrogen (secondary N) is 1. The standard InChI is InChI=1S/C12H16N4O4/c1-9-6-13-4-5-15(9)12(18)8-14-7-10(16(19)20)2-3-11(14)17/h2-3,7,9,13H,4-6,8H2,1H3/t9-/m0/s1. The van der Waals surface area contributed by atoms with Crippen LogP contribution >= 0.6 is 0 Å². The number of rotatable bonds is 3. The summed E-state index contributed by atoms with van der Waals surface area (Å²) in [6.45, 7) is 3.73. The fourth-order valence-corrected chi connectivity index (χ4v) is 2.20. The van der Waals surface area contributed by atoms with Crippen molar-refractivity contribution in [2.24, 2.45) is 0 Å². The molecule has 0 bridgehead atoms. The molecule has 1 N–H and O–H groups in total. The molecule has 1 saturated heterocycles. The van der Waals surface area contributed by atoms with Crippen molar-refractivity contribution < 1.29 is 9.72 Å². The van der Waals surface area contributed by atoms with Gasteiger partial charge in [0.05, 0.1) is 11.1 Å². The molecule has 0 radical (unpaired) electrons. The van der Waals surface area contributed by atoms with Crippen molar-refractivity contribution in [3.63, 3.8) is 0 Å². The van der Waals surface area contributed by atoms with E-state index in [1.165, 1.54) is 0 Å². The first-order valence-corrected chi connectivity index (χ1v) is 6.34. The van der Waals surface area contributed by atoms with E-state index in [1.807, 2.05) is 6.92 Å². The molecule has 2 heterocycles. The first-order chi connectivity index (χ1) is 9.49. The number of nitro groups is 1. The zero-order chi connectivity index (χ0) is 14.7. The lowest BCUT2D eigenvalue weighted by Gasteiger charge is -2.34. The summed E-state index contributed by atoms with van der Waals surface area (Å²) in [5, 5.41) is 13.9.